The van der Waals surface area contributed by atoms with E-state index in [0.717, 1.165) is 12.1 Å². The second-order valence-electron chi connectivity index (χ2n) is 4.97. The first kappa shape index (κ1) is 7.66. The van der Waals surface area contributed by atoms with Crippen molar-refractivity contribution in [3.63, 3.8) is 0 Å². The molecule has 2 nitrogen and oxygen atoms in total. The van der Waals surface area contributed by atoms with Crippen LogP contribution in [0.5, 0.6) is 0 Å². The zero-order chi connectivity index (χ0) is 9.12. The first-order chi connectivity index (χ1) is 6.93. The average molecular weight is 188 g/mol. The minimum absolute atomic E-state index is 0.702. The first-order valence-electron chi connectivity index (χ1n) is 5.87. The van der Waals surface area contributed by atoms with Crippen molar-refractivity contribution < 1.29 is 0 Å². The fraction of sp³-hybridized carbons (Fsp3) is 0.667. The maximum absolute atomic E-state index is 2.66. The molecule has 3 aliphatic heterocycles. The summed E-state index contributed by atoms with van der Waals surface area (Å²) in [5, 5.41) is 5.31. The van der Waals surface area contributed by atoms with Gasteiger partial charge in [-0.2, -0.15) is 0 Å². The molecule has 2 fully saturated rings. The summed E-state index contributed by atoms with van der Waals surface area (Å²) in [6, 6.07) is 2.84. The van der Waals surface area contributed by atoms with Gasteiger partial charge in [0.05, 0.1) is 0 Å². The lowest BCUT2D eigenvalue weighted by Crippen LogP contribution is -2.54. The topological polar surface area (TPSA) is 6.48 Å². The Kier molecular flexibility index (Phi) is 1.37. The Morgan fingerprint density at radius 3 is 1.79 bits per heavy atom. The van der Waals surface area contributed by atoms with Crippen molar-refractivity contribution in [1.29, 1.82) is 0 Å². The number of rotatable bonds is 0. The Labute approximate surface area is 84.8 Å². The normalized spacial score (nSPS) is 50.0. The summed E-state index contributed by atoms with van der Waals surface area (Å²) in [4.78, 5) is 0. The molecule has 0 amide bonds. The molecule has 3 heterocycles. The van der Waals surface area contributed by atoms with E-state index in [4.69, 9.17) is 0 Å². The lowest BCUT2D eigenvalue weighted by molar-refractivity contribution is -0.0573. The van der Waals surface area contributed by atoms with Crippen LogP contribution >= 0.6 is 0 Å². The van der Waals surface area contributed by atoms with E-state index in [2.05, 4.69) is 34.3 Å². The molecule has 4 unspecified atom stereocenters. The molecule has 2 saturated heterocycles. The SMILES string of the molecule is C1=CC2CCCC1N1C3C=CC(C3)N21. The zero-order valence-corrected chi connectivity index (χ0v) is 8.34. The molecule has 5 aliphatic rings. The predicted molar refractivity (Wildman–Crippen MR) is 55.6 cm³/mol. The predicted octanol–water partition coefficient (Wildman–Crippen LogP) is 1.71. The van der Waals surface area contributed by atoms with Crippen LogP contribution in [0, 0.1) is 0 Å². The summed E-state index contributed by atoms with van der Waals surface area (Å²) in [6.07, 6.45) is 15.2. The Hall–Kier alpha value is -0.600. The van der Waals surface area contributed by atoms with Gasteiger partial charge in [-0.25, -0.2) is 10.0 Å². The van der Waals surface area contributed by atoms with Gasteiger partial charge in [-0.1, -0.05) is 24.3 Å². The fourth-order valence-electron chi connectivity index (χ4n) is 3.66. The minimum atomic E-state index is 0.702. The first-order valence-corrected chi connectivity index (χ1v) is 5.87. The van der Waals surface area contributed by atoms with E-state index >= 15 is 0 Å². The lowest BCUT2D eigenvalue weighted by atomic mass is 10.1. The van der Waals surface area contributed by atoms with Crippen LogP contribution in [-0.2, 0) is 0 Å². The Morgan fingerprint density at radius 2 is 1.21 bits per heavy atom. The number of fused-ring (bicyclic) bond motifs is 4. The quantitative estimate of drug-likeness (QED) is 0.534. The van der Waals surface area contributed by atoms with Gasteiger partial charge in [-0.15, -0.1) is 0 Å². The maximum atomic E-state index is 2.66. The summed E-state index contributed by atoms with van der Waals surface area (Å²) in [5.41, 5.74) is 0. The number of nitrogens with zero attached hydrogens (tertiary/aromatic N) is 2. The largest absolute Gasteiger partial charge is 0.227 e. The molecule has 0 saturated carbocycles. The van der Waals surface area contributed by atoms with E-state index in [1.54, 1.807) is 0 Å². The van der Waals surface area contributed by atoms with Gasteiger partial charge in [-0.3, -0.25) is 0 Å². The summed E-state index contributed by atoms with van der Waals surface area (Å²) in [7, 11) is 0. The van der Waals surface area contributed by atoms with Gasteiger partial charge < -0.3 is 0 Å². The highest BCUT2D eigenvalue weighted by atomic mass is 15.7. The van der Waals surface area contributed by atoms with Gasteiger partial charge in [0.15, 0.2) is 0 Å². The monoisotopic (exact) mass is 188 g/mol. The van der Waals surface area contributed by atoms with E-state index in [1.807, 2.05) is 0 Å². The van der Waals surface area contributed by atoms with Crippen LogP contribution in [0.2, 0.25) is 0 Å². The van der Waals surface area contributed by atoms with Crippen LogP contribution in [0.3, 0.4) is 0 Å². The second kappa shape index (κ2) is 2.50. The van der Waals surface area contributed by atoms with Crippen molar-refractivity contribution in [3.8, 4) is 0 Å². The Bertz CT molecular complexity index is 292. The van der Waals surface area contributed by atoms with Gasteiger partial charge in [0.1, 0.15) is 0 Å². The van der Waals surface area contributed by atoms with E-state index < -0.39 is 0 Å². The highest BCUT2D eigenvalue weighted by Gasteiger charge is 2.48. The van der Waals surface area contributed by atoms with Crippen LogP contribution < -0.4 is 0 Å². The maximum Gasteiger partial charge on any atom is 0.0452 e. The van der Waals surface area contributed by atoms with Gasteiger partial charge in [0.2, 0.25) is 0 Å². The standard InChI is InChI=1S/C12H16N2/c1-2-9-4-5-10(3-1)14-12-7-6-11(8-12)13(9)14/h4-7,9-12H,1-3,8H2. The van der Waals surface area contributed by atoms with E-state index in [-0.39, 0.29) is 0 Å². The molecular formula is C12H16N2. The summed E-state index contributed by atoms with van der Waals surface area (Å²) in [6.45, 7) is 0. The number of hydrogen-bond acceptors (Lipinski definition) is 2. The third-order valence-corrected chi connectivity index (χ3v) is 4.22. The molecule has 2 aliphatic carbocycles. The fourth-order valence-corrected chi connectivity index (χ4v) is 3.66. The Balaban J connectivity index is 1.82. The number of hydrogen-bond donors (Lipinski definition) is 0. The molecule has 0 aromatic heterocycles. The lowest BCUT2D eigenvalue weighted by Gasteiger charge is -2.44. The molecule has 0 aromatic carbocycles. The zero-order valence-electron chi connectivity index (χ0n) is 8.34. The van der Waals surface area contributed by atoms with Gasteiger partial charge in [0, 0.05) is 24.2 Å². The molecule has 0 radical (unpaired) electrons. The van der Waals surface area contributed by atoms with Crippen molar-refractivity contribution in [3.05, 3.63) is 24.3 Å². The second-order valence-corrected chi connectivity index (χ2v) is 4.97. The molecule has 2 heteroatoms. The minimum Gasteiger partial charge on any atom is -0.227 e. The van der Waals surface area contributed by atoms with Gasteiger partial charge >= 0.3 is 0 Å². The smallest absolute Gasteiger partial charge is 0.0452 e. The van der Waals surface area contributed by atoms with E-state index in [1.165, 1.54) is 25.7 Å². The molecule has 5 rings (SSSR count). The van der Waals surface area contributed by atoms with Gasteiger partial charge in [0.25, 0.3) is 0 Å². The average Bonchev–Trinajstić information content (AvgIpc) is 2.69. The van der Waals surface area contributed by atoms with E-state index in [0.29, 0.717) is 12.1 Å². The third-order valence-electron chi connectivity index (χ3n) is 4.22. The van der Waals surface area contributed by atoms with Gasteiger partial charge in [-0.05, 0) is 25.7 Å². The van der Waals surface area contributed by atoms with Crippen molar-refractivity contribution in [1.82, 2.24) is 10.0 Å². The highest BCUT2D eigenvalue weighted by Crippen LogP contribution is 2.42. The van der Waals surface area contributed by atoms with Crippen LogP contribution in [0.25, 0.3) is 0 Å². The van der Waals surface area contributed by atoms with Crippen molar-refractivity contribution in [2.45, 2.75) is 49.9 Å². The molecule has 0 N–H and O–H groups in total. The van der Waals surface area contributed by atoms with Crippen LogP contribution in [0.15, 0.2) is 24.3 Å². The third kappa shape index (κ3) is 0.794. The molecule has 74 valence electrons. The van der Waals surface area contributed by atoms with Crippen LogP contribution in [0.1, 0.15) is 25.7 Å². The molecule has 14 heavy (non-hydrogen) atoms. The summed E-state index contributed by atoms with van der Waals surface area (Å²) < 4.78 is 0. The molecule has 0 aromatic rings. The number of hydrazine groups is 1. The van der Waals surface area contributed by atoms with E-state index in [9.17, 15) is 0 Å². The van der Waals surface area contributed by atoms with Crippen molar-refractivity contribution in [2.24, 2.45) is 0 Å². The molecular weight excluding hydrogens is 172 g/mol. The van der Waals surface area contributed by atoms with Crippen LogP contribution in [0.4, 0.5) is 0 Å². The molecule has 4 atom stereocenters. The summed E-state index contributed by atoms with van der Waals surface area (Å²) in [5.74, 6) is 0. The molecule has 4 bridgehead atoms. The Morgan fingerprint density at radius 1 is 0.714 bits per heavy atom. The molecule has 0 spiro atoms. The highest BCUT2D eigenvalue weighted by molar-refractivity contribution is 5.22. The summed E-state index contributed by atoms with van der Waals surface area (Å²) >= 11 is 0. The van der Waals surface area contributed by atoms with Crippen molar-refractivity contribution >= 4 is 0 Å². The van der Waals surface area contributed by atoms with Crippen LogP contribution in [-0.4, -0.2) is 34.2 Å². The van der Waals surface area contributed by atoms with Crippen molar-refractivity contribution in [2.75, 3.05) is 0 Å².